The van der Waals surface area contributed by atoms with Crippen LogP contribution in [0.5, 0.6) is 0 Å². The van der Waals surface area contributed by atoms with Crippen molar-refractivity contribution in [3.8, 4) is 0 Å². The Labute approximate surface area is 146 Å². The topological polar surface area (TPSA) is 61.4 Å². The lowest BCUT2D eigenvalue weighted by Crippen LogP contribution is -2.51. The first-order valence-electron chi connectivity index (χ1n) is 8.77. The van der Waals surface area contributed by atoms with Crippen LogP contribution in [-0.2, 0) is 4.79 Å². The number of piperazine rings is 1. The van der Waals surface area contributed by atoms with Crippen molar-refractivity contribution in [1.82, 2.24) is 18.5 Å². The van der Waals surface area contributed by atoms with Gasteiger partial charge >= 0.3 is 0 Å². The fourth-order valence-corrected chi connectivity index (χ4v) is 4.41. The van der Waals surface area contributed by atoms with Crippen LogP contribution in [0.25, 0.3) is 11.0 Å². The average molecular weight is 345 g/mol. The third-order valence-corrected chi connectivity index (χ3v) is 5.72. The van der Waals surface area contributed by atoms with Crippen molar-refractivity contribution in [2.24, 2.45) is 0 Å². The SMILES string of the molecule is O=C(CN1CCN(C2CCCC2)CC1)Nc1cccc2nsnc12. The Morgan fingerprint density at radius 3 is 2.75 bits per heavy atom. The molecule has 1 aliphatic heterocycles. The molecule has 2 aromatic rings. The number of hydrogen-bond acceptors (Lipinski definition) is 6. The Hall–Kier alpha value is -1.57. The first kappa shape index (κ1) is 15.9. The minimum atomic E-state index is 0.0322. The quantitative estimate of drug-likeness (QED) is 0.920. The summed E-state index contributed by atoms with van der Waals surface area (Å²) in [5, 5.41) is 2.99. The maximum absolute atomic E-state index is 12.4. The molecule has 1 aromatic carbocycles. The van der Waals surface area contributed by atoms with Gasteiger partial charge in [0.25, 0.3) is 0 Å². The number of nitrogens with one attached hydrogen (secondary N) is 1. The van der Waals surface area contributed by atoms with E-state index in [2.05, 4.69) is 23.9 Å². The van der Waals surface area contributed by atoms with Crippen molar-refractivity contribution in [3.05, 3.63) is 18.2 Å². The Kier molecular flexibility index (Phi) is 4.73. The molecule has 0 spiro atoms. The number of carbonyl (C=O) groups excluding carboxylic acids is 1. The number of aromatic nitrogens is 2. The van der Waals surface area contributed by atoms with Gasteiger partial charge in [0.05, 0.1) is 24.0 Å². The van der Waals surface area contributed by atoms with Crippen LogP contribution in [0.15, 0.2) is 18.2 Å². The molecule has 1 aromatic heterocycles. The third kappa shape index (κ3) is 3.43. The molecule has 7 heteroatoms. The largest absolute Gasteiger partial charge is 0.323 e. The fourth-order valence-electron chi connectivity index (χ4n) is 3.86. The highest BCUT2D eigenvalue weighted by molar-refractivity contribution is 7.00. The van der Waals surface area contributed by atoms with Gasteiger partial charge in [-0.2, -0.15) is 8.75 Å². The summed E-state index contributed by atoms with van der Waals surface area (Å²) >= 11 is 1.17. The molecule has 0 unspecified atom stereocenters. The Bertz CT molecular complexity index is 704. The van der Waals surface area contributed by atoms with Crippen LogP contribution >= 0.6 is 11.7 Å². The molecule has 24 heavy (non-hydrogen) atoms. The van der Waals surface area contributed by atoms with Gasteiger partial charge in [0.15, 0.2) is 0 Å². The van der Waals surface area contributed by atoms with E-state index in [9.17, 15) is 4.79 Å². The van der Waals surface area contributed by atoms with E-state index in [1.165, 1.54) is 37.4 Å². The van der Waals surface area contributed by atoms with Crippen LogP contribution in [0, 0.1) is 0 Å². The summed E-state index contributed by atoms with van der Waals surface area (Å²) in [6.45, 7) is 4.58. The van der Waals surface area contributed by atoms with Crippen LogP contribution in [0.1, 0.15) is 25.7 Å². The van der Waals surface area contributed by atoms with Crippen molar-refractivity contribution in [2.45, 2.75) is 31.7 Å². The monoisotopic (exact) mass is 345 g/mol. The summed E-state index contributed by atoms with van der Waals surface area (Å²) in [5.74, 6) is 0.0322. The van der Waals surface area contributed by atoms with E-state index in [1.807, 2.05) is 18.2 Å². The highest BCUT2D eigenvalue weighted by Crippen LogP contribution is 2.24. The first-order valence-corrected chi connectivity index (χ1v) is 9.50. The predicted octanol–water partition coefficient (Wildman–Crippen LogP) is 2.19. The van der Waals surface area contributed by atoms with Gasteiger partial charge in [-0.3, -0.25) is 14.6 Å². The maximum atomic E-state index is 12.4. The van der Waals surface area contributed by atoms with E-state index in [0.29, 0.717) is 6.54 Å². The van der Waals surface area contributed by atoms with Crippen molar-refractivity contribution in [1.29, 1.82) is 0 Å². The molecule has 2 aliphatic rings. The maximum Gasteiger partial charge on any atom is 0.238 e. The van der Waals surface area contributed by atoms with E-state index in [4.69, 9.17) is 0 Å². The molecule has 2 heterocycles. The molecule has 0 atom stereocenters. The molecular formula is C17H23N5OS. The van der Waals surface area contributed by atoms with Crippen LogP contribution in [0.4, 0.5) is 5.69 Å². The summed E-state index contributed by atoms with van der Waals surface area (Å²) in [6, 6.07) is 6.49. The van der Waals surface area contributed by atoms with Crippen molar-refractivity contribution >= 4 is 34.4 Å². The van der Waals surface area contributed by atoms with Gasteiger partial charge in [-0.15, -0.1) is 0 Å². The smallest absolute Gasteiger partial charge is 0.238 e. The number of benzene rings is 1. The van der Waals surface area contributed by atoms with Crippen LogP contribution in [0.2, 0.25) is 0 Å². The Morgan fingerprint density at radius 2 is 1.96 bits per heavy atom. The lowest BCUT2D eigenvalue weighted by Gasteiger charge is -2.37. The summed E-state index contributed by atoms with van der Waals surface area (Å²) in [5.41, 5.74) is 2.38. The van der Waals surface area contributed by atoms with Crippen LogP contribution in [0.3, 0.4) is 0 Å². The zero-order valence-corrected chi connectivity index (χ0v) is 14.6. The summed E-state index contributed by atoms with van der Waals surface area (Å²) < 4.78 is 8.48. The van der Waals surface area contributed by atoms with E-state index < -0.39 is 0 Å². The Balaban J connectivity index is 1.30. The molecule has 1 N–H and O–H groups in total. The summed E-state index contributed by atoms with van der Waals surface area (Å²) in [6.07, 6.45) is 5.47. The standard InChI is InChI=1S/C17H23N5OS/c23-16(18-14-6-3-7-15-17(14)20-24-19-15)12-21-8-10-22(11-9-21)13-4-1-2-5-13/h3,6-7,13H,1-2,4-5,8-12H2,(H,18,23). The molecule has 4 rings (SSSR count). The number of fused-ring (bicyclic) bond motifs is 1. The molecule has 0 bridgehead atoms. The molecular weight excluding hydrogens is 322 g/mol. The van der Waals surface area contributed by atoms with Gasteiger partial charge < -0.3 is 5.32 Å². The highest BCUT2D eigenvalue weighted by atomic mass is 32.1. The molecule has 1 saturated heterocycles. The minimum Gasteiger partial charge on any atom is -0.323 e. The minimum absolute atomic E-state index is 0.0322. The Morgan fingerprint density at radius 1 is 1.17 bits per heavy atom. The molecule has 1 aliphatic carbocycles. The van der Waals surface area contributed by atoms with Gasteiger partial charge in [0.1, 0.15) is 11.0 Å². The highest BCUT2D eigenvalue weighted by Gasteiger charge is 2.26. The van der Waals surface area contributed by atoms with Gasteiger partial charge in [-0.1, -0.05) is 18.9 Å². The number of carbonyl (C=O) groups is 1. The third-order valence-electron chi connectivity index (χ3n) is 5.18. The summed E-state index contributed by atoms with van der Waals surface area (Å²) in [7, 11) is 0. The van der Waals surface area contributed by atoms with E-state index in [-0.39, 0.29) is 5.91 Å². The van der Waals surface area contributed by atoms with Gasteiger partial charge in [-0.05, 0) is 25.0 Å². The molecule has 1 saturated carbocycles. The second-order valence-electron chi connectivity index (χ2n) is 6.74. The second-order valence-corrected chi connectivity index (χ2v) is 7.26. The second kappa shape index (κ2) is 7.13. The lowest BCUT2D eigenvalue weighted by atomic mass is 10.2. The van der Waals surface area contributed by atoms with Gasteiger partial charge in [0, 0.05) is 32.2 Å². The number of nitrogens with zero attached hydrogens (tertiary/aromatic N) is 4. The van der Waals surface area contributed by atoms with E-state index in [0.717, 1.165) is 48.9 Å². The zero-order valence-electron chi connectivity index (χ0n) is 13.8. The molecule has 0 radical (unpaired) electrons. The predicted molar refractivity (Wildman–Crippen MR) is 96.3 cm³/mol. The van der Waals surface area contributed by atoms with Crippen LogP contribution in [-0.4, -0.2) is 63.2 Å². The van der Waals surface area contributed by atoms with Crippen molar-refractivity contribution in [3.63, 3.8) is 0 Å². The molecule has 2 fully saturated rings. The van der Waals surface area contributed by atoms with Crippen molar-refractivity contribution in [2.75, 3.05) is 38.0 Å². The van der Waals surface area contributed by atoms with Gasteiger partial charge in [0.2, 0.25) is 5.91 Å². The number of rotatable bonds is 4. The van der Waals surface area contributed by atoms with E-state index >= 15 is 0 Å². The molecule has 1 amide bonds. The number of amides is 1. The van der Waals surface area contributed by atoms with Gasteiger partial charge in [-0.25, -0.2) is 0 Å². The van der Waals surface area contributed by atoms with Crippen LogP contribution < -0.4 is 5.32 Å². The van der Waals surface area contributed by atoms with E-state index in [1.54, 1.807) is 0 Å². The number of hydrogen-bond donors (Lipinski definition) is 1. The number of anilines is 1. The molecule has 128 valence electrons. The zero-order chi connectivity index (χ0) is 16.4. The normalized spacial score (nSPS) is 20.7. The lowest BCUT2D eigenvalue weighted by molar-refractivity contribution is -0.117. The average Bonchev–Trinajstić information content (AvgIpc) is 3.27. The van der Waals surface area contributed by atoms with Crippen molar-refractivity contribution < 1.29 is 4.79 Å². The first-order chi connectivity index (χ1) is 11.8. The summed E-state index contributed by atoms with van der Waals surface area (Å²) in [4.78, 5) is 17.2. The molecule has 6 nitrogen and oxygen atoms in total. The fraction of sp³-hybridized carbons (Fsp3) is 0.588.